The summed E-state index contributed by atoms with van der Waals surface area (Å²) in [5.74, 6) is 0.796. The summed E-state index contributed by atoms with van der Waals surface area (Å²) >= 11 is 0. The summed E-state index contributed by atoms with van der Waals surface area (Å²) in [5.41, 5.74) is 3.16. The van der Waals surface area contributed by atoms with Crippen molar-refractivity contribution in [3.8, 4) is 6.07 Å². The lowest BCUT2D eigenvalue weighted by molar-refractivity contribution is 0.325. The van der Waals surface area contributed by atoms with Crippen LogP contribution in [0.1, 0.15) is 63.8 Å². The lowest BCUT2D eigenvalue weighted by Gasteiger charge is -2.25. The Morgan fingerprint density at radius 2 is 1.90 bits per heavy atom. The van der Waals surface area contributed by atoms with Gasteiger partial charge < -0.3 is 4.90 Å². The predicted octanol–water partition coefficient (Wildman–Crippen LogP) is 3.49. The van der Waals surface area contributed by atoms with Gasteiger partial charge in [-0.2, -0.15) is 10.4 Å². The molecule has 2 heterocycles. The van der Waals surface area contributed by atoms with Crippen LogP contribution in [0.15, 0.2) is 0 Å². The van der Waals surface area contributed by atoms with Crippen LogP contribution in [0.3, 0.4) is 0 Å². The SMILES string of the molecule is CCc1nnc(N2CCCC(C)(C)CC2)c(C#N)c1CC. The summed E-state index contributed by atoms with van der Waals surface area (Å²) in [6.07, 6.45) is 5.19. The molecule has 1 fully saturated rings. The van der Waals surface area contributed by atoms with Gasteiger partial charge in [0.1, 0.15) is 11.6 Å². The Bertz CT molecular complexity index is 542. The van der Waals surface area contributed by atoms with Crippen molar-refractivity contribution in [3.63, 3.8) is 0 Å². The van der Waals surface area contributed by atoms with Crippen LogP contribution in [-0.4, -0.2) is 23.3 Å². The Labute approximate surface area is 128 Å². The fourth-order valence-corrected chi connectivity index (χ4v) is 3.14. The third kappa shape index (κ3) is 3.34. The van der Waals surface area contributed by atoms with Crippen LogP contribution < -0.4 is 4.90 Å². The summed E-state index contributed by atoms with van der Waals surface area (Å²) in [7, 11) is 0. The molecule has 21 heavy (non-hydrogen) atoms. The molecule has 0 aliphatic carbocycles. The number of nitriles is 1. The van der Waals surface area contributed by atoms with E-state index in [-0.39, 0.29) is 0 Å². The number of hydrogen-bond donors (Lipinski definition) is 0. The predicted molar refractivity (Wildman–Crippen MR) is 85.3 cm³/mol. The lowest BCUT2D eigenvalue weighted by atomic mass is 9.85. The molecule has 1 aromatic heterocycles. The van der Waals surface area contributed by atoms with Crippen molar-refractivity contribution >= 4 is 5.82 Å². The number of aromatic nitrogens is 2. The van der Waals surface area contributed by atoms with Crippen LogP contribution in [0, 0.1) is 16.7 Å². The van der Waals surface area contributed by atoms with E-state index in [9.17, 15) is 5.26 Å². The highest BCUT2D eigenvalue weighted by Gasteiger charge is 2.26. The molecule has 2 rings (SSSR count). The highest BCUT2D eigenvalue weighted by molar-refractivity contribution is 5.58. The average Bonchev–Trinajstić information content (AvgIpc) is 2.66. The van der Waals surface area contributed by atoms with E-state index in [1.807, 2.05) is 0 Å². The average molecular weight is 286 g/mol. The Morgan fingerprint density at radius 1 is 1.14 bits per heavy atom. The minimum Gasteiger partial charge on any atom is -0.354 e. The van der Waals surface area contributed by atoms with E-state index >= 15 is 0 Å². The summed E-state index contributed by atoms with van der Waals surface area (Å²) in [6.45, 7) is 10.7. The highest BCUT2D eigenvalue weighted by Crippen LogP contribution is 2.32. The molecule has 0 spiro atoms. The largest absolute Gasteiger partial charge is 0.354 e. The quantitative estimate of drug-likeness (QED) is 0.853. The van der Waals surface area contributed by atoms with Crippen molar-refractivity contribution in [1.29, 1.82) is 5.26 Å². The molecule has 1 aliphatic heterocycles. The summed E-state index contributed by atoms with van der Waals surface area (Å²) in [5, 5.41) is 18.4. The highest BCUT2D eigenvalue weighted by atomic mass is 15.3. The van der Waals surface area contributed by atoms with Crippen LogP contribution in [0.2, 0.25) is 0 Å². The van der Waals surface area contributed by atoms with E-state index < -0.39 is 0 Å². The number of nitrogens with zero attached hydrogens (tertiary/aromatic N) is 4. The van der Waals surface area contributed by atoms with Gasteiger partial charge in [-0.3, -0.25) is 0 Å². The molecule has 0 bridgehead atoms. The zero-order valence-corrected chi connectivity index (χ0v) is 13.7. The van der Waals surface area contributed by atoms with E-state index in [0.717, 1.165) is 61.4 Å². The van der Waals surface area contributed by atoms with Crippen LogP contribution in [0.25, 0.3) is 0 Å². The Hall–Kier alpha value is -1.63. The minimum atomic E-state index is 0.381. The molecular weight excluding hydrogens is 260 g/mol. The molecule has 114 valence electrons. The van der Waals surface area contributed by atoms with Gasteiger partial charge in [-0.05, 0) is 43.1 Å². The van der Waals surface area contributed by atoms with Crippen molar-refractivity contribution in [2.24, 2.45) is 5.41 Å². The van der Waals surface area contributed by atoms with E-state index in [1.165, 1.54) is 6.42 Å². The van der Waals surface area contributed by atoms with Crippen molar-refractivity contribution in [1.82, 2.24) is 10.2 Å². The number of hydrogen-bond acceptors (Lipinski definition) is 4. The topological polar surface area (TPSA) is 52.8 Å². The summed E-state index contributed by atoms with van der Waals surface area (Å²) in [6, 6.07) is 2.38. The smallest absolute Gasteiger partial charge is 0.169 e. The van der Waals surface area contributed by atoms with E-state index in [2.05, 4.69) is 48.9 Å². The van der Waals surface area contributed by atoms with Crippen molar-refractivity contribution in [2.45, 2.75) is 59.8 Å². The van der Waals surface area contributed by atoms with Gasteiger partial charge in [0.2, 0.25) is 0 Å². The molecule has 0 radical (unpaired) electrons. The zero-order valence-electron chi connectivity index (χ0n) is 13.7. The molecule has 0 unspecified atom stereocenters. The molecule has 4 nitrogen and oxygen atoms in total. The fraction of sp³-hybridized carbons (Fsp3) is 0.706. The zero-order chi connectivity index (χ0) is 15.5. The second kappa shape index (κ2) is 6.43. The van der Waals surface area contributed by atoms with E-state index in [4.69, 9.17) is 0 Å². The van der Waals surface area contributed by atoms with E-state index in [0.29, 0.717) is 5.41 Å². The van der Waals surface area contributed by atoms with Gasteiger partial charge in [-0.1, -0.05) is 27.7 Å². The normalized spacial score (nSPS) is 18.1. The Kier molecular flexibility index (Phi) is 4.82. The second-order valence-electron chi connectivity index (χ2n) is 6.65. The first-order valence-electron chi connectivity index (χ1n) is 8.06. The van der Waals surface area contributed by atoms with Gasteiger partial charge in [0.15, 0.2) is 5.82 Å². The molecule has 0 aromatic carbocycles. The fourth-order valence-electron chi connectivity index (χ4n) is 3.14. The Balaban J connectivity index is 2.38. The number of rotatable bonds is 3. The second-order valence-corrected chi connectivity index (χ2v) is 6.65. The molecule has 1 aromatic rings. The molecule has 0 saturated carbocycles. The van der Waals surface area contributed by atoms with Crippen molar-refractivity contribution in [3.05, 3.63) is 16.8 Å². The van der Waals surface area contributed by atoms with Crippen LogP contribution >= 0.6 is 0 Å². The van der Waals surface area contributed by atoms with Crippen molar-refractivity contribution < 1.29 is 0 Å². The van der Waals surface area contributed by atoms with Gasteiger partial charge in [0.25, 0.3) is 0 Å². The molecule has 1 aliphatic rings. The van der Waals surface area contributed by atoms with Gasteiger partial charge in [-0.15, -0.1) is 5.10 Å². The maximum atomic E-state index is 9.61. The van der Waals surface area contributed by atoms with Crippen LogP contribution in [0.5, 0.6) is 0 Å². The number of anilines is 1. The van der Waals surface area contributed by atoms with Crippen LogP contribution in [-0.2, 0) is 12.8 Å². The molecule has 4 heteroatoms. The Morgan fingerprint density at radius 3 is 2.52 bits per heavy atom. The van der Waals surface area contributed by atoms with Gasteiger partial charge in [-0.25, -0.2) is 0 Å². The third-order valence-electron chi connectivity index (χ3n) is 4.58. The van der Waals surface area contributed by atoms with Gasteiger partial charge >= 0.3 is 0 Å². The van der Waals surface area contributed by atoms with Crippen LogP contribution in [0.4, 0.5) is 5.82 Å². The molecule has 0 amide bonds. The summed E-state index contributed by atoms with van der Waals surface area (Å²) in [4.78, 5) is 2.26. The molecule has 0 N–H and O–H groups in total. The number of aryl methyl sites for hydroxylation is 1. The molecule has 1 saturated heterocycles. The molecule has 0 atom stereocenters. The summed E-state index contributed by atoms with van der Waals surface area (Å²) < 4.78 is 0. The lowest BCUT2D eigenvalue weighted by Crippen LogP contribution is -2.28. The maximum Gasteiger partial charge on any atom is 0.169 e. The van der Waals surface area contributed by atoms with E-state index in [1.54, 1.807) is 0 Å². The standard InChI is InChI=1S/C17H26N4/c1-5-13-14(12-18)16(20-19-15(13)6-2)21-10-7-8-17(3,4)9-11-21/h5-11H2,1-4H3. The first-order valence-corrected chi connectivity index (χ1v) is 8.06. The first kappa shape index (κ1) is 15.8. The first-order chi connectivity index (χ1) is 10.0. The minimum absolute atomic E-state index is 0.381. The van der Waals surface area contributed by atoms with Crippen molar-refractivity contribution in [2.75, 3.05) is 18.0 Å². The van der Waals surface area contributed by atoms with Gasteiger partial charge in [0.05, 0.1) is 5.69 Å². The maximum absolute atomic E-state index is 9.61. The van der Waals surface area contributed by atoms with Gasteiger partial charge in [0, 0.05) is 13.1 Å². The third-order valence-corrected chi connectivity index (χ3v) is 4.58. The monoisotopic (exact) mass is 286 g/mol. The molecular formula is C17H26N4.